The van der Waals surface area contributed by atoms with Gasteiger partial charge in [0.2, 0.25) is 0 Å². The van der Waals surface area contributed by atoms with Crippen molar-refractivity contribution in [1.82, 2.24) is 10.2 Å². The number of benzene rings is 1. The molecule has 0 saturated heterocycles. The minimum absolute atomic E-state index is 0. The maximum atomic E-state index is 10.3. The first-order valence-electron chi connectivity index (χ1n) is 7.34. The van der Waals surface area contributed by atoms with Gasteiger partial charge in [-0.15, -0.1) is 24.0 Å². The summed E-state index contributed by atoms with van der Waals surface area (Å²) in [7, 11) is 3.84. The molecule has 5 nitrogen and oxygen atoms in total. The topological polar surface area (TPSA) is 57.1 Å². The van der Waals surface area contributed by atoms with Crippen LogP contribution in [0.25, 0.3) is 0 Å². The van der Waals surface area contributed by atoms with Crippen molar-refractivity contribution in [3.8, 4) is 5.75 Å². The molecule has 2 N–H and O–H groups in total. The van der Waals surface area contributed by atoms with Crippen LogP contribution in [0.4, 0.5) is 0 Å². The lowest BCUT2D eigenvalue weighted by molar-refractivity contribution is 0.185. The third kappa shape index (κ3) is 7.31. The van der Waals surface area contributed by atoms with Crippen LogP contribution in [0.15, 0.2) is 29.3 Å². The summed E-state index contributed by atoms with van der Waals surface area (Å²) < 4.78 is 5.64. The Morgan fingerprint density at radius 2 is 2.05 bits per heavy atom. The van der Waals surface area contributed by atoms with Gasteiger partial charge in [-0.05, 0) is 38.5 Å². The number of aliphatic hydroxyl groups is 1. The fourth-order valence-corrected chi connectivity index (χ4v) is 1.86. The summed E-state index contributed by atoms with van der Waals surface area (Å²) in [6, 6.07) is 7.53. The quantitative estimate of drug-likeness (QED) is 0.421. The lowest BCUT2D eigenvalue weighted by Gasteiger charge is -2.18. The predicted octanol–water partition coefficient (Wildman–Crippen LogP) is 2.65. The van der Waals surface area contributed by atoms with E-state index in [0.717, 1.165) is 23.8 Å². The van der Waals surface area contributed by atoms with E-state index in [-0.39, 0.29) is 30.1 Å². The third-order valence-electron chi connectivity index (χ3n) is 2.79. The van der Waals surface area contributed by atoms with Crippen LogP contribution in [0, 0.1) is 0 Å². The van der Waals surface area contributed by atoms with E-state index < -0.39 is 6.10 Å². The minimum Gasteiger partial charge on any atom is -0.491 e. The SMILES string of the molecule is CCNC(=NCC(O)c1cccc(OC(C)C)c1)N(C)C.I. The second kappa shape index (κ2) is 10.7. The fourth-order valence-electron chi connectivity index (χ4n) is 1.86. The van der Waals surface area contributed by atoms with Crippen LogP contribution < -0.4 is 10.1 Å². The highest BCUT2D eigenvalue weighted by Gasteiger charge is 2.10. The molecule has 0 aliphatic rings. The summed E-state index contributed by atoms with van der Waals surface area (Å²) in [5.74, 6) is 1.54. The highest BCUT2D eigenvalue weighted by Crippen LogP contribution is 2.20. The Kier molecular flexibility index (Phi) is 10.2. The standard InChI is InChI=1S/C16H27N3O2.HI/c1-6-17-16(19(4)5)18-11-15(20)13-8-7-9-14(10-13)21-12(2)3;/h7-10,12,15,20H,6,11H2,1-5H3,(H,17,18);1H. The molecule has 1 aromatic carbocycles. The van der Waals surface area contributed by atoms with Crippen LogP contribution >= 0.6 is 24.0 Å². The molecule has 0 aliphatic heterocycles. The Hall–Kier alpha value is -1.02. The number of rotatable bonds is 6. The normalized spacial score (nSPS) is 12.6. The molecule has 0 saturated carbocycles. The van der Waals surface area contributed by atoms with Crippen LogP contribution in [-0.4, -0.2) is 49.3 Å². The average molecular weight is 421 g/mol. The maximum Gasteiger partial charge on any atom is 0.193 e. The van der Waals surface area contributed by atoms with Gasteiger partial charge >= 0.3 is 0 Å². The molecule has 0 spiro atoms. The van der Waals surface area contributed by atoms with Crippen LogP contribution in [-0.2, 0) is 0 Å². The summed E-state index contributed by atoms with van der Waals surface area (Å²) in [5, 5.41) is 13.4. The molecule has 1 aromatic rings. The second-order valence-electron chi connectivity index (χ2n) is 5.34. The average Bonchev–Trinajstić information content (AvgIpc) is 2.42. The van der Waals surface area contributed by atoms with Gasteiger partial charge in [-0.2, -0.15) is 0 Å². The molecule has 22 heavy (non-hydrogen) atoms. The van der Waals surface area contributed by atoms with Gasteiger partial charge in [0.15, 0.2) is 5.96 Å². The molecule has 1 rings (SSSR count). The van der Waals surface area contributed by atoms with Crippen molar-refractivity contribution in [2.45, 2.75) is 33.0 Å². The monoisotopic (exact) mass is 421 g/mol. The van der Waals surface area contributed by atoms with E-state index in [4.69, 9.17) is 4.74 Å². The first kappa shape index (κ1) is 21.0. The molecule has 0 heterocycles. The van der Waals surface area contributed by atoms with E-state index in [0.29, 0.717) is 6.54 Å². The predicted molar refractivity (Wildman–Crippen MR) is 102 cm³/mol. The largest absolute Gasteiger partial charge is 0.491 e. The van der Waals surface area contributed by atoms with Gasteiger partial charge in [-0.25, -0.2) is 0 Å². The van der Waals surface area contributed by atoms with Gasteiger partial charge in [0.1, 0.15) is 5.75 Å². The summed E-state index contributed by atoms with van der Waals surface area (Å²) in [6.07, 6.45) is -0.529. The van der Waals surface area contributed by atoms with Crippen molar-refractivity contribution >= 4 is 29.9 Å². The summed E-state index contributed by atoms with van der Waals surface area (Å²) in [6.45, 7) is 7.08. The van der Waals surface area contributed by atoms with Crippen molar-refractivity contribution in [2.24, 2.45) is 4.99 Å². The number of aliphatic imine (C=N–C) groups is 1. The maximum absolute atomic E-state index is 10.3. The zero-order chi connectivity index (χ0) is 15.8. The van der Waals surface area contributed by atoms with Crippen molar-refractivity contribution in [2.75, 3.05) is 27.2 Å². The fraction of sp³-hybridized carbons (Fsp3) is 0.562. The van der Waals surface area contributed by atoms with Crippen molar-refractivity contribution in [3.05, 3.63) is 29.8 Å². The Bertz CT molecular complexity index is 464. The molecular weight excluding hydrogens is 393 g/mol. The Labute approximate surface area is 150 Å². The number of hydrogen-bond donors (Lipinski definition) is 2. The highest BCUT2D eigenvalue weighted by atomic mass is 127. The number of nitrogens with zero attached hydrogens (tertiary/aromatic N) is 2. The van der Waals surface area contributed by atoms with Crippen molar-refractivity contribution in [3.63, 3.8) is 0 Å². The van der Waals surface area contributed by atoms with Crippen LogP contribution in [0.3, 0.4) is 0 Å². The molecule has 0 fully saturated rings. The number of hydrogen-bond acceptors (Lipinski definition) is 3. The third-order valence-corrected chi connectivity index (χ3v) is 2.79. The molecule has 1 atom stereocenters. The smallest absolute Gasteiger partial charge is 0.193 e. The van der Waals surface area contributed by atoms with E-state index in [2.05, 4.69) is 10.3 Å². The number of guanidine groups is 1. The zero-order valence-electron chi connectivity index (χ0n) is 14.0. The summed E-state index contributed by atoms with van der Waals surface area (Å²) in [5.41, 5.74) is 0.812. The van der Waals surface area contributed by atoms with Gasteiger partial charge in [-0.1, -0.05) is 12.1 Å². The lowest BCUT2D eigenvalue weighted by atomic mass is 10.1. The number of nitrogens with one attached hydrogen (secondary N) is 1. The van der Waals surface area contributed by atoms with Crippen LogP contribution in [0.1, 0.15) is 32.4 Å². The lowest BCUT2D eigenvalue weighted by Crippen LogP contribution is -2.36. The molecule has 0 amide bonds. The molecule has 1 unspecified atom stereocenters. The van der Waals surface area contributed by atoms with Crippen molar-refractivity contribution in [1.29, 1.82) is 0 Å². The Balaban J connectivity index is 0.00000441. The molecule has 0 radical (unpaired) electrons. The van der Waals surface area contributed by atoms with E-state index in [1.165, 1.54) is 0 Å². The number of halogens is 1. The van der Waals surface area contributed by atoms with Gasteiger partial charge in [0.05, 0.1) is 18.8 Å². The molecule has 0 aliphatic carbocycles. The first-order chi connectivity index (χ1) is 9.93. The van der Waals surface area contributed by atoms with Gasteiger partial charge in [0, 0.05) is 20.6 Å². The van der Waals surface area contributed by atoms with Crippen molar-refractivity contribution < 1.29 is 9.84 Å². The van der Waals surface area contributed by atoms with E-state index in [9.17, 15) is 5.11 Å². The van der Waals surface area contributed by atoms with E-state index in [1.54, 1.807) is 0 Å². The zero-order valence-corrected chi connectivity index (χ0v) is 16.4. The Morgan fingerprint density at radius 1 is 1.36 bits per heavy atom. The second-order valence-corrected chi connectivity index (χ2v) is 5.34. The van der Waals surface area contributed by atoms with Gasteiger partial charge in [-0.3, -0.25) is 4.99 Å². The molecular formula is C16H28IN3O2. The van der Waals surface area contributed by atoms with E-state index >= 15 is 0 Å². The molecule has 0 aromatic heterocycles. The number of ether oxygens (including phenoxy) is 1. The van der Waals surface area contributed by atoms with Gasteiger partial charge in [0.25, 0.3) is 0 Å². The molecule has 126 valence electrons. The minimum atomic E-state index is -0.644. The van der Waals surface area contributed by atoms with Crippen LogP contribution in [0.2, 0.25) is 0 Å². The summed E-state index contributed by atoms with van der Waals surface area (Å²) in [4.78, 5) is 6.32. The van der Waals surface area contributed by atoms with E-state index in [1.807, 2.05) is 64.0 Å². The first-order valence-corrected chi connectivity index (χ1v) is 7.34. The number of aliphatic hydroxyl groups excluding tert-OH is 1. The molecule has 0 bridgehead atoms. The van der Waals surface area contributed by atoms with Crippen LogP contribution in [0.5, 0.6) is 5.75 Å². The van der Waals surface area contributed by atoms with Gasteiger partial charge < -0.3 is 20.1 Å². The highest BCUT2D eigenvalue weighted by molar-refractivity contribution is 14.0. The molecule has 6 heteroatoms. The Morgan fingerprint density at radius 3 is 2.59 bits per heavy atom. The summed E-state index contributed by atoms with van der Waals surface area (Å²) >= 11 is 0.